The van der Waals surface area contributed by atoms with E-state index in [0.717, 1.165) is 29.3 Å². The number of carboxylic acid groups (broad SMARTS) is 1. The molecule has 2 atom stereocenters. The number of aliphatic hydroxyl groups excluding tert-OH is 2. The number of amides is 3. The fraction of sp³-hybridized carbons (Fsp3) is 0.510. The summed E-state index contributed by atoms with van der Waals surface area (Å²) in [5.41, 5.74) is 20.8. The third-order valence-electron chi connectivity index (χ3n) is 21.6. The summed E-state index contributed by atoms with van der Waals surface area (Å²) in [6.45, 7) is 53.2. The second kappa shape index (κ2) is 58.0. The van der Waals surface area contributed by atoms with Crippen molar-refractivity contribution in [1.29, 1.82) is 0 Å². The van der Waals surface area contributed by atoms with Gasteiger partial charge in [-0.3, -0.25) is 34.6 Å². The Labute approximate surface area is 846 Å². The average Bonchev–Trinajstić information content (AvgIpc) is 0.884. The van der Waals surface area contributed by atoms with Gasteiger partial charge in [0.15, 0.2) is 31.2 Å². The molecule has 0 unspecified atom stereocenters. The topological polar surface area (TPSA) is 603 Å². The molecule has 6 aromatic rings. The number of nitro groups is 2. The number of hydrogen-bond acceptors (Lipinski definition) is 35. The van der Waals surface area contributed by atoms with Gasteiger partial charge >= 0.3 is 65.9 Å². The van der Waals surface area contributed by atoms with Crippen molar-refractivity contribution >= 4 is 137 Å². The number of esters is 8. The van der Waals surface area contributed by atoms with E-state index in [0.29, 0.717) is 75.6 Å². The Balaban J connectivity index is 0.00000172. The highest BCUT2D eigenvalue weighted by atomic mass is 28.4. The standard InChI is InChI=1S/C29H48N2O8Si.2C15H25NO3Si.C14H25NO6.C9H9NO5.C9H7NO5.C9H11NO3/c1-27(2,3)38-25(34)22(31-26(35)39-28(4,5)6)15-16-23(32)30-21-14-13-19(24(33)36-10)17-20(21)18-37-40(11,12)29(7,8)9;2*1-15(2,3)20(5,6)19-10-12-9-11(14(17)18-4)7-8-13(12)16;1-13(2,3)20-11(18)9(7-8-10(16)17)15-12(19)21-14(4,5)6;2*1-15-9(12)6-2-3-8(10(13)14)7(4-6)5-11;1-13-9(12)6-2-3-8(10)7(4-6)5-11/h13-14,17,22H,15-16,18H2,1-12H3,(H,30,32)(H,31,35);2*7-9H,10,16H2,1-6H3;9H,7-8H2,1-6H3,(H,15,19)(H,16,17);2-4,11H,5H2,1H3;2-5H,1H3;2-4,11H,5,10H2,1H3/t22-;;;9-;;;/m0..0.../s1. The van der Waals surface area contributed by atoms with Gasteiger partial charge < -0.3 is 109 Å². The number of nitrogens with two attached hydrogens (primary N) is 3. The number of carbonyl (C=O) groups is 13. The highest BCUT2D eigenvalue weighted by Gasteiger charge is 2.41. The number of aliphatic carboxylic acids is 1. The summed E-state index contributed by atoms with van der Waals surface area (Å²) in [5.74, 6) is -5.71. The van der Waals surface area contributed by atoms with E-state index in [1.54, 1.807) is 150 Å². The Morgan fingerprint density at radius 3 is 0.924 bits per heavy atom. The van der Waals surface area contributed by atoms with Crippen molar-refractivity contribution in [1.82, 2.24) is 10.6 Å². The molecule has 12 N–H and O–H groups in total. The van der Waals surface area contributed by atoms with E-state index >= 15 is 0 Å². The first-order chi connectivity index (χ1) is 65.9. The molecular weight excluding hydrogens is 1930 g/mol. The van der Waals surface area contributed by atoms with Gasteiger partial charge in [-0.2, -0.15) is 0 Å². The molecule has 144 heavy (non-hydrogen) atoms. The third-order valence-corrected chi connectivity index (χ3v) is 35.0. The molecule has 0 aliphatic heterocycles. The molecule has 0 spiro atoms. The first-order valence-electron chi connectivity index (χ1n) is 45.3. The van der Waals surface area contributed by atoms with Gasteiger partial charge in [0, 0.05) is 70.0 Å². The lowest BCUT2D eigenvalue weighted by Crippen LogP contribution is -2.46. The molecule has 0 aliphatic carbocycles. The molecule has 0 fully saturated rings. The maximum atomic E-state index is 13.0. The molecule has 0 heterocycles. The number of hydrogen-bond donors (Lipinski definition) is 9. The van der Waals surface area contributed by atoms with Crippen LogP contribution in [-0.2, 0) is 113 Å². The molecule has 0 saturated carbocycles. The van der Waals surface area contributed by atoms with Gasteiger partial charge in [0.25, 0.3) is 11.4 Å². The molecule has 0 saturated heterocycles. The second-order valence-electron chi connectivity index (χ2n) is 40.8. The van der Waals surface area contributed by atoms with Crippen LogP contribution in [0, 0.1) is 20.2 Å². The molecule has 6 rings (SSSR count). The Morgan fingerprint density at radius 1 is 0.375 bits per heavy atom. The fourth-order valence-corrected chi connectivity index (χ4v) is 13.4. The Kier molecular flexibility index (Phi) is 52.7. The molecule has 3 amide bonds. The second-order valence-corrected chi connectivity index (χ2v) is 55.2. The number of rotatable bonds is 31. The van der Waals surface area contributed by atoms with Gasteiger partial charge in [0.05, 0.1) is 130 Å². The van der Waals surface area contributed by atoms with Crippen molar-refractivity contribution in [2.75, 3.05) is 65.2 Å². The summed E-state index contributed by atoms with van der Waals surface area (Å²) in [4.78, 5) is 171. The first-order valence-corrected chi connectivity index (χ1v) is 54.0. The van der Waals surface area contributed by atoms with Gasteiger partial charge in [-0.1, -0.05) is 62.3 Å². The SMILES string of the molecule is CC(C)(C)OC(=O)N[C@@H](CCC(=O)O)C(=O)OC(C)(C)C.COC(=O)c1ccc(N)c(CO)c1.COC(=O)c1ccc(N)c(CO[Si](C)(C)C(C)(C)C)c1.COC(=O)c1ccc(N)c(CO[Si](C)(C)C(C)(C)C)c1.COC(=O)c1ccc(NC(=O)CC[C@H](NC(=O)OC(C)(C)C)C(=O)OC(C)(C)C)c(CO[Si](C)(C)C(C)(C)C)c1.COC(=O)c1ccc([N+](=O)[O-])c(C=O)c1.COC(=O)c1ccc([N+](=O)[O-])c(CO)c1. The van der Waals surface area contributed by atoms with Crippen molar-refractivity contribution in [3.63, 3.8) is 0 Å². The van der Waals surface area contributed by atoms with Crippen LogP contribution in [0.2, 0.25) is 54.4 Å². The van der Waals surface area contributed by atoms with Crippen LogP contribution in [0.1, 0.15) is 271 Å². The lowest BCUT2D eigenvalue weighted by molar-refractivity contribution is -0.385. The number of alkyl carbamates (subject to hydrolysis) is 2. The van der Waals surface area contributed by atoms with Crippen LogP contribution in [0.5, 0.6) is 0 Å². The number of nitrogens with one attached hydrogen (secondary N) is 3. The fourth-order valence-electron chi connectivity index (χ4n) is 10.5. The molecule has 6 aromatic carbocycles. The summed E-state index contributed by atoms with van der Waals surface area (Å²) in [5, 5.41) is 55.4. The molecule has 800 valence electrons. The predicted octanol–water partition coefficient (Wildman–Crippen LogP) is 17.8. The van der Waals surface area contributed by atoms with Crippen LogP contribution >= 0.6 is 0 Å². The van der Waals surface area contributed by atoms with Gasteiger partial charge in [0.2, 0.25) is 5.91 Å². The van der Waals surface area contributed by atoms with Crippen LogP contribution in [0.15, 0.2) is 109 Å². The van der Waals surface area contributed by atoms with E-state index in [-0.39, 0.29) is 105 Å². The molecule has 0 aromatic heterocycles. The van der Waals surface area contributed by atoms with E-state index in [2.05, 4.69) is 132 Å². The van der Waals surface area contributed by atoms with Gasteiger partial charge in [-0.15, -0.1) is 0 Å². The van der Waals surface area contributed by atoms with E-state index < -0.39 is 130 Å². The third kappa shape index (κ3) is 47.8. The quantitative estimate of drug-likeness (QED) is 0.00371. The van der Waals surface area contributed by atoms with Crippen molar-refractivity contribution in [2.45, 2.75) is 293 Å². The number of carboxylic acids is 1. The van der Waals surface area contributed by atoms with Crippen LogP contribution in [0.3, 0.4) is 0 Å². The lowest BCUT2D eigenvalue weighted by Gasteiger charge is -2.36. The Morgan fingerprint density at radius 2 is 0.639 bits per heavy atom. The summed E-state index contributed by atoms with van der Waals surface area (Å²) < 4.78 is 67.2. The van der Waals surface area contributed by atoms with E-state index in [1.807, 2.05) is 0 Å². The lowest BCUT2D eigenvalue weighted by atomic mass is 10.1. The summed E-state index contributed by atoms with van der Waals surface area (Å²) in [6, 6.07) is 24.7. The van der Waals surface area contributed by atoms with E-state index in [9.17, 15) is 82.6 Å². The first kappa shape index (κ1) is 131. The minimum Gasteiger partial charge on any atom is -0.481 e. The number of anilines is 4. The molecule has 0 aliphatic rings. The van der Waals surface area contributed by atoms with Crippen molar-refractivity contribution in [3.05, 3.63) is 196 Å². The van der Waals surface area contributed by atoms with Gasteiger partial charge in [-0.05, 0) is 247 Å². The van der Waals surface area contributed by atoms with E-state index in [4.69, 9.17) is 79.0 Å². The molecule has 41 nitrogen and oxygen atoms in total. The summed E-state index contributed by atoms with van der Waals surface area (Å²) in [6.07, 6.45) is -1.69. The maximum Gasteiger partial charge on any atom is 0.408 e. The van der Waals surface area contributed by atoms with Crippen LogP contribution in [0.25, 0.3) is 0 Å². The van der Waals surface area contributed by atoms with Crippen molar-refractivity contribution in [2.24, 2.45) is 0 Å². The number of nitro benzene ring substituents is 2. The van der Waals surface area contributed by atoms with Crippen LogP contribution in [0.4, 0.5) is 43.7 Å². The van der Waals surface area contributed by atoms with Crippen molar-refractivity contribution in [3.8, 4) is 0 Å². The zero-order valence-corrected chi connectivity index (χ0v) is 92.2. The molecule has 0 bridgehead atoms. The van der Waals surface area contributed by atoms with E-state index in [1.165, 1.54) is 66.9 Å². The predicted molar refractivity (Wildman–Crippen MR) is 549 cm³/mol. The van der Waals surface area contributed by atoms with Gasteiger partial charge in [0.1, 0.15) is 34.5 Å². The largest absolute Gasteiger partial charge is 0.481 e. The smallest absolute Gasteiger partial charge is 0.408 e. The number of carbonyl (C=O) groups excluding carboxylic acids is 12. The van der Waals surface area contributed by atoms with Gasteiger partial charge in [-0.25, -0.2) is 47.9 Å². The minimum absolute atomic E-state index is 0.0178. The summed E-state index contributed by atoms with van der Waals surface area (Å²) in [7, 11) is 1.93. The maximum absolute atomic E-state index is 13.0. The molecule has 0 radical (unpaired) electrons. The number of methoxy groups -OCH3 is 6. The monoisotopic (exact) mass is 2070 g/mol. The Hall–Kier alpha value is -13.1. The molecular formula is C100H150N8O33Si3. The number of ether oxygens (including phenoxy) is 10. The number of aldehydes is 1. The highest BCUT2D eigenvalue weighted by Crippen LogP contribution is 2.41. The molecule has 44 heteroatoms. The number of benzene rings is 6. The zero-order chi connectivity index (χ0) is 112. The number of nitrogens with zero attached hydrogens (tertiary/aromatic N) is 2. The van der Waals surface area contributed by atoms with Crippen LogP contribution in [-0.4, -0.2) is 205 Å². The minimum atomic E-state index is -2.13. The van der Waals surface area contributed by atoms with Crippen molar-refractivity contribution < 1.29 is 148 Å². The summed E-state index contributed by atoms with van der Waals surface area (Å²) >= 11 is 0. The van der Waals surface area contributed by atoms with Crippen LogP contribution < -0.4 is 33.2 Å². The highest BCUT2D eigenvalue weighted by molar-refractivity contribution is 6.75. The normalized spacial score (nSPS) is 11.9. The zero-order valence-electron chi connectivity index (χ0n) is 89.2. The number of nitrogen functional groups attached to an aromatic ring is 3. The Bertz CT molecular complexity index is 5290. The average molecular weight is 2080 g/mol. The number of aliphatic hydroxyl groups is 2.